The zero-order chi connectivity index (χ0) is 13.0. The van der Waals surface area contributed by atoms with Crippen LogP contribution in [0.5, 0.6) is 5.75 Å². The lowest BCUT2D eigenvalue weighted by Gasteiger charge is -2.07. The number of aromatic nitrogens is 2. The fraction of sp³-hybridized carbons (Fsp3) is 0.250. The van der Waals surface area contributed by atoms with E-state index in [1.165, 1.54) is 0 Å². The van der Waals surface area contributed by atoms with Crippen LogP contribution in [0.25, 0.3) is 0 Å². The number of benzene rings is 1. The van der Waals surface area contributed by atoms with Crippen LogP contribution < -0.4 is 10.5 Å². The van der Waals surface area contributed by atoms with Crippen molar-refractivity contribution in [2.45, 2.75) is 13.0 Å². The molecule has 0 radical (unpaired) electrons. The Morgan fingerprint density at radius 3 is 2.83 bits per heavy atom. The quantitative estimate of drug-likeness (QED) is 0.831. The third-order valence-electron chi connectivity index (χ3n) is 2.34. The molecule has 0 aliphatic rings. The number of nitrogens with zero attached hydrogens (tertiary/aromatic N) is 2. The van der Waals surface area contributed by atoms with Crippen LogP contribution in [0.2, 0.25) is 0 Å². The lowest BCUT2D eigenvalue weighted by atomic mass is 10.3. The molecule has 1 heterocycles. The van der Waals surface area contributed by atoms with E-state index in [2.05, 4.69) is 5.10 Å². The summed E-state index contributed by atoms with van der Waals surface area (Å²) in [4.78, 5) is 0. The van der Waals surface area contributed by atoms with E-state index < -0.39 is 11.6 Å². The summed E-state index contributed by atoms with van der Waals surface area (Å²) in [7, 11) is 0. The Hall–Kier alpha value is -2.11. The molecule has 0 saturated carbocycles. The molecule has 2 N–H and O–H groups in total. The number of nitrogens with two attached hydrogens (primary N) is 1. The highest BCUT2D eigenvalue weighted by atomic mass is 19.1. The van der Waals surface area contributed by atoms with Gasteiger partial charge in [0.05, 0.1) is 6.61 Å². The third kappa shape index (κ3) is 3.19. The highest BCUT2D eigenvalue weighted by molar-refractivity contribution is 5.25. The first-order chi connectivity index (χ1) is 8.65. The average molecular weight is 253 g/mol. The molecule has 0 atom stereocenters. The van der Waals surface area contributed by atoms with E-state index in [1.54, 1.807) is 16.9 Å². The number of anilines is 1. The molecule has 0 bridgehead atoms. The normalized spacial score (nSPS) is 10.6. The van der Waals surface area contributed by atoms with Crippen LogP contribution in [-0.2, 0) is 6.54 Å². The molecule has 0 fully saturated rings. The Labute approximate surface area is 103 Å². The molecule has 0 aliphatic carbocycles. The van der Waals surface area contributed by atoms with Crippen molar-refractivity contribution in [2.75, 3.05) is 12.3 Å². The summed E-state index contributed by atoms with van der Waals surface area (Å²) in [5.74, 6) is -0.715. The van der Waals surface area contributed by atoms with Crippen molar-refractivity contribution >= 4 is 5.82 Å². The van der Waals surface area contributed by atoms with Crippen molar-refractivity contribution in [3.63, 3.8) is 0 Å². The SMILES string of the molecule is Nc1ccn(CCCOc2cc(F)ccc2F)n1. The predicted octanol–water partition coefficient (Wildman–Crippen LogP) is 2.21. The van der Waals surface area contributed by atoms with E-state index in [1.807, 2.05) is 0 Å². The number of aryl methyl sites for hydroxylation is 1. The Kier molecular flexibility index (Phi) is 3.76. The van der Waals surface area contributed by atoms with Crippen molar-refractivity contribution in [3.05, 3.63) is 42.1 Å². The second-order valence-corrected chi connectivity index (χ2v) is 3.78. The number of hydrogen-bond acceptors (Lipinski definition) is 3. The van der Waals surface area contributed by atoms with E-state index in [0.717, 1.165) is 18.2 Å². The summed E-state index contributed by atoms with van der Waals surface area (Å²) < 4.78 is 32.9. The molecule has 4 nitrogen and oxygen atoms in total. The van der Waals surface area contributed by atoms with Gasteiger partial charge in [-0.3, -0.25) is 4.68 Å². The second kappa shape index (κ2) is 5.48. The standard InChI is InChI=1S/C12H13F2N3O/c13-9-2-3-10(14)11(8-9)18-7-1-5-17-6-4-12(15)16-17/h2-4,6,8H,1,5,7H2,(H2,15,16). The number of nitrogen functional groups attached to an aromatic ring is 1. The Morgan fingerprint density at radius 1 is 1.28 bits per heavy atom. The summed E-state index contributed by atoms with van der Waals surface area (Å²) in [5.41, 5.74) is 5.46. The second-order valence-electron chi connectivity index (χ2n) is 3.78. The van der Waals surface area contributed by atoms with Crippen LogP contribution in [0.15, 0.2) is 30.5 Å². The van der Waals surface area contributed by atoms with Gasteiger partial charge in [0, 0.05) is 25.2 Å². The first-order valence-corrected chi connectivity index (χ1v) is 5.52. The summed E-state index contributed by atoms with van der Waals surface area (Å²) in [6.45, 7) is 0.883. The van der Waals surface area contributed by atoms with Gasteiger partial charge < -0.3 is 10.5 Å². The first-order valence-electron chi connectivity index (χ1n) is 5.52. The minimum atomic E-state index is -0.570. The van der Waals surface area contributed by atoms with E-state index >= 15 is 0 Å². The van der Waals surface area contributed by atoms with Gasteiger partial charge in [-0.15, -0.1) is 0 Å². The van der Waals surface area contributed by atoms with Gasteiger partial charge in [0.25, 0.3) is 0 Å². The molecule has 0 aliphatic heterocycles. The minimum Gasteiger partial charge on any atom is -0.490 e. The van der Waals surface area contributed by atoms with Gasteiger partial charge in [-0.2, -0.15) is 5.10 Å². The molecule has 18 heavy (non-hydrogen) atoms. The van der Waals surface area contributed by atoms with Gasteiger partial charge >= 0.3 is 0 Å². The van der Waals surface area contributed by atoms with Gasteiger partial charge in [0.1, 0.15) is 11.6 Å². The van der Waals surface area contributed by atoms with Gasteiger partial charge in [-0.25, -0.2) is 8.78 Å². The Bertz CT molecular complexity index is 528. The van der Waals surface area contributed by atoms with Crippen molar-refractivity contribution in [2.24, 2.45) is 0 Å². The molecular formula is C12H13F2N3O. The third-order valence-corrected chi connectivity index (χ3v) is 2.34. The minimum absolute atomic E-state index is 0.0741. The molecule has 1 aromatic carbocycles. The summed E-state index contributed by atoms with van der Waals surface area (Å²) in [5, 5.41) is 3.99. The highest BCUT2D eigenvalue weighted by Gasteiger charge is 2.04. The monoisotopic (exact) mass is 253 g/mol. The van der Waals surface area contributed by atoms with Gasteiger partial charge in [0.2, 0.25) is 0 Å². The van der Waals surface area contributed by atoms with Crippen molar-refractivity contribution in [3.8, 4) is 5.75 Å². The number of hydrogen-bond donors (Lipinski definition) is 1. The van der Waals surface area contributed by atoms with Crippen LogP contribution in [-0.4, -0.2) is 16.4 Å². The van der Waals surface area contributed by atoms with Crippen LogP contribution >= 0.6 is 0 Å². The topological polar surface area (TPSA) is 53.1 Å². The zero-order valence-corrected chi connectivity index (χ0v) is 9.64. The summed E-state index contributed by atoms with van der Waals surface area (Å²) >= 11 is 0. The number of ether oxygens (including phenoxy) is 1. The van der Waals surface area contributed by atoms with Crippen LogP contribution in [0.3, 0.4) is 0 Å². The average Bonchev–Trinajstić information content (AvgIpc) is 2.75. The first kappa shape index (κ1) is 12.3. The molecule has 6 heteroatoms. The van der Waals surface area contributed by atoms with Crippen molar-refractivity contribution in [1.29, 1.82) is 0 Å². The fourth-order valence-electron chi connectivity index (χ4n) is 1.50. The molecule has 1 aromatic heterocycles. The van der Waals surface area contributed by atoms with Crippen LogP contribution in [0, 0.1) is 11.6 Å². The maximum atomic E-state index is 13.2. The van der Waals surface area contributed by atoms with Crippen LogP contribution in [0.4, 0.5) is 14.6 Å². The molecular weight excluding hydrogens is 240 g/mol. The molecule has 0 saturated heterocycles. The number of rotatable bonds is 5. The van der Waals surface area contributed by atoms with E-state index in [0.29, 0.717) is 18.8 Å². The van der Waals surface area contributed by atoms with E-state index in [4.69, 9.17) is 10.5 Å². The van der Waals surface area contributed by atoms with E-state index in [9.17, 15) is 8.78 Å². The molecule has 2 aromatic rings. The van der Waals surface area contributed by atoms with Crippen molar-refractivity contribution < 1.29 is 13.5 Å². The fourth-order valence-corrected chi connectivity index (χ4v) is 1.50. The number of halogens is 2. The Balaban J connectivity index is 1.80. The van der Waals surface area contributed by atoms with Gasteiger partial charge in [-0.1, -0.05) is 0 Å². The van der Waals surface area contributed by atoms with Gasteiger partial charge in [-0.05, 0) is 18.2 Å². The predicted molar refractivity (Wildman–Crippen MR) is 63.1 cm³/mol. The Morgan fingerprint density at radius 2 is 2.11 bits per heavy atom. The molecule has 0 amide bonds. The van der Waals surface area contributed by atoms with Gasteiger partial charge in [0.15, 0.2) is 11.6 Å². The lowest BCUT2D eigenvalue weighted by molar-refractivity contribution is 0.283. The summed E-state index contributed by atoms with van der Waals surface area (Å²) in [6, 6.07) is 4.81. The van der Waals surface area contributed by atoms with E-state index in [-0.39, 0.29) is 12.4 Å². The smallest absolute Gasteiger partial charge is 0.165 e. The maximum absolute atomic E-state index is 13.2. The zero-order valence-electron chi connectivity index (χ0n) is 9.64. The maximum Gasteiger partial charge on any atom is 0.165 e. The molecule has 2 rings (SSSR count). The molecule has 0 spiro atoms. The van der Waals surface area contributed by atoms with Crippen LogP contribution in [0.1, 0.15) is 6.42 Å². The van der Waals surface area contributed by atoms with Crippen molar-refractivity contribution in [1.82, 2.24) is 9.78 Å². The lowest BCUT2D eigenvalue weighted by Crippen LogP contribution is -2.06. The molecule has 96 valence electrons. The highest BCUT2D eigenvalue weighted by Crippen LogP contribution is 2.18. The largest absolute Gasteiger partial charge is 0.490 e. The molecule has 0 unspecified atom stereocenters. The summed E-state index contributed by atoms with van der Waals surface area (Å²) in [6.07, 6.45) is 2.37.